The molecule has 3 heterocycles. The van der Waals surface area contributed by atoms with E-state index < -0.39 is 0 Å². The highest BCUT2D eigenvalue weighted by molar-refractivity contribution is 5.91. The highest BCUT2D eigenvalue weighted by atomic mass is 16.3. The number of nitrogens with one attached hydrogen (secondary N) is 2. The van der Waals surface area contributed by atoms with E-state index in [9.17, 15) is 9.59 Å². The highest BCUT2D eigenvalue weighted by Gasteiger charge is 2.32. The van der Waals surface area contributed by atoms with Gasteiger partial charge in [0, 0.05) is 19.1 Å². The van der Waals surface area contributed by atoms with Crippen LogP contribution in [0.2, 0.25) is 0 Å². The van der Waals surface area contributed by atoms with E-state index in [1.54, 1.807) is 0 Å². The number of H-pyrrole nitrogens is 1. The average molecular weight is 330 g/mol. The first-order valence-corrected chi connectivity index (χ1v) is 8.14. The number of aryl methyl sites for hydroxylation is 1. The SMILES string of the molecule is Cc1ccc(CC(=O)N2CC(CNC(=O)c3cnc[nH]3)CC2C)o1. The molecule has 2 aromatic rings. The molecule has 1 aliphatic rings. The average Bonchev–Trinajstić information content (AvgIpc) is 3.26. The summed E-state index contributed by atoms with van der Waals surface area (Å²) in [5.41, 5.74) is 0.446. The van der Waals surface area contributed by atoms with Gasteiger partial charge >= 0.3 is 0 Å². The summed E-state index contributed by atoms with van der Waals surface area (Å²) in [5, 5.41) is 2.89. The quantitative estimate of drug-likeness (QED) is 0.869. The van der Waals surface area contributed by atoms with Crippen molar-refractivity contribution in [3.63, 3.8) is 0 Å². The van der Waals surface area contributed by atoms with Crippen LogP contribution in [0.1, 0.15) is 35.4 Å². The van der Waals surface area contributed by atoms with Crippen LogP contribution in [0.25, 0.3) is 0 Å². The van der Waals surface area contributed by atoms with Gasteiger partial charge < -0.3 is 19.6 Å². The van der Waals surface area contributed by atoms with Crippen LogP contribution in [-0.2, 0) is 11.2 Å². The van der Waals surface area contributed by atoms with Crippen LogP contribution in [0.15, 0.2) is 29.1 Å². The monoisotopic (exact) mass is 330 g/mol. The Morgan fingerprint density at radius 1 is 1.46 bits per heavy atom. The number of rotatable bonds is 5. The lowest BCUT2D eigenvalue weighted by Crippen LogP contribution is -2.36. The minimum atomic E-state index is -0.170. The fraction of sp³-hybridized carbons (Fsp3) is 0.471. The van der Waals surface area contributed by atoms with Gasteiger partial charge in [-0.05, 0) is 38.3 Å². The van der Waals surface area contributed by atoms with Crippen molar-refractivity contribution < 1.29 is 14.0 Å². The zero-order valence-electron chi connectivity index (χ0n) is 13.9. The number of hydrogen-bond donors (Lipinski definition) is 2. The molecule has 24 heavy (non-hydrogen) atoms. The zero-order valence-corrected chi connectivity index (χ0v) is 13.9. The molecule has 1 fully saturated rings. The predicted octanol–water partition coefficient (Wildman–Crippen LogP) is 1.52. The molecule has 128 valence electrons. The topological polar surface area (TPSA) is 91.2 Å². The maximum atomic E-state index is 12.5. The molecule has 2 amide bonds. The summed E-state index contributed by atoms with van der Waals surface area (Å²) >= 11 is 0. The third kappa shape index (κ3) is 3.67. The Labute approximate surface area is 140 Å². The third-order valence-electron chi connectivity index (χ3n) is 4.40. The number of aromatic nitrogens is 2. The number of nitrogens with zero attached hydrogens (tertiary/aromatic N) is 2. The van der Waals surface area contributed by atoms with Crippen LogP contribution >= 0.6 is 0 Å². The molecule has 0 spiro atoms. The summed E-state index contributed by atoms with van der Waals surface area (Å²) in [6.07, 6.45) is 4.13. The summed E-state index contributed by atoms with van der Waals surface area (Å²) in [4.78, 5) is 32.9. The second-order valence-corrected chi connectivity index (χ2v) is 6.36. The second-order valence-electron chi connectivity index (χ2n) is 6.36. The lowest BCUT2D eigenvalue weighted by Gasteiger charge is -2.21. The minimum absolute atomic E-state index is 0.0687. The van der Waals surface area contributed by atoms with Crippen molar-refractivity contribution in [3.8, 4) is 0 Å². The largest absolute Gasteiger partial charge is 0.466 e. The van der Waals surface area contributed by atoms with Crippen molar-refractivity contribution in [1.82, 2.24) is 20.2 Å². The van der Waals surface area contributed by atoms with Gasteiger partial charge in [0.2, 0.25) is 5.91 Å². The molecule has 1 saturated heterocycles. The Morgan fingerprint density at radius 2 is 2.29 bits per heavy atom. The van der Waals surface area contributed by atoms with E-state index in [4.69, 9.17) is 4.42 Å². The maximum Gasteiger partial charge on any atom is 0.269 e. The number of hydrogen-bond acceptors (Lipinski definition) is 4. The molecule has 0 radical (unpaired) electrons. The molecule has 0 aromatic carbocycles. The molecule has 2 atom stereocenters. The van der Waals surface area contributed by atoms with Gasteiger partial charge in [0.05, 0.1) is 18.9 Å². The predicted molar refractivity (Wildman–Crippen MR) is 87.4 cm³/mol. The summed E-state index contributed by atoms with van der Waals surface area (Å²) in [7, 11) is 0. The van der Waals surface area contributed by atoms with Crippen molar-refractivity contribution in [2.24, 2.45) is 5.92 Å². The molecule has 7 heteroatoms. The number of carbonyl (C=O) groups is 2. The summed E-state index contributed by atoms with van der Waals surface area (Å²) in [6.45, 7) is 5.11. The number of furan rings is 1. The molecule has 7 nitrogen and oxygen atoms in total. The Morgan fingerprint density at radius 3 is 2.96 bits per heavy atom. The lowest BCUT2D eigenvalue weighted by atomic mass is 10.1. The van der Waals surface area contributed by atoms with Crippen LogP contribution in [-0.4, -0.2) is 45.8 Å². The van der Waals surface area contributed by atoms with E-state index in [0.29, 0.717) is 24.5 Å². The van der Waals surface area contributed by atoms with Crippen molar-refractivity contribution in [2.75, 3.05) is 13.1 Å². The fourth-order valence-electron chi connectivity index (χ4n) is 3.18. The standard InChI is InChI=1S/C17H22N4O3/c1-11-5-13(7-19-17(23)15-8-18-10-20-15)9-21(11)16(22)6-14-4-3-12(2)24-14/h3-4,8,10-11,13H,5-7,9H2,1-2H3,(H,18,20)(H,19,23). The molecular weight excluding hydrogens is 308 g/mol. The van der Waals surface area contributed by atoms with E-state index in [0.717, 1.165) is 12.2 Å². The second kappa shape index (κ2) is 6.90. The lowest BCUT2D eigenvalue weighted by molar-refractivity contribution is -0.131. The van der Waals surface area contributed by atoms with Gasteiger partial charge in [0.25, 0.3) is 5.91 Å². The van der Waals surface area contributed by atoms with Crippen LogP contribution in [0.3, 0.4) is 0 Å². The van der Waals surface area contributed by atoms with Gasteiger partial charge in [-0.1, -0.05) is 0 Å². The van der Waals surface area contributed by atoms with E-state index in [-0.39, 0.29) is 30.2 Å². The fourth-order valence-corrected chi connectivity index (χ4v) is 3.18. The Balaban J connectivity index is 1.50. The summed E-state index contributed by atoms with van der Waals surface area (Å²) in [6, 6.07) is 3.88. The molecule has 3 rings (SSSR count). The van der Waals surface area contributed by atoms with Crippen molar-refractivity contribution in [3.05, 3.63) is 41.9 Å². The van der Waals surface area contributed by atoms with E-state index in [1.807, 2.05) is 30.9 Å². The van der Waals surface area contributed by atoms with Crippen LogP contribution in [0, 0.1) is 12.8 Å². The van der Waals surface area contributed by atoms with Gasteiger partial charge in [0.1, 0.15) is 17.2 Å². The molecule has 2 N–H and O–H groups in total. The molecule has 2 aromatic heterocycles. The molecule has 0 aliphatic carbocycles. The van der Waals surface area contributed by atoms with Crippen LogP contribution in [0.4, 0.5) is 0 Å². The first kappa shape index (κ1) is 16.3. The van der Waals surface area contributed by atoms with Gasteiger partial charge in [-0.3, -0.25) is 9.59 Å². The Bertz CT molecular complexity index is 707. The Hall–Kier alpha value is -2.57. The van der Waals surface area contributed by atoms with Crippen LogP contribution < -0.4 is 5.32 Å². The van der Waals surface area contributed by atoms with Gasteiger partial charge in [-0.2, -0.15) is 0 Å². The first-order chi connectivity index (χ1) is 11.5. The highest BCUT2D eigenvalue weighted by Crippen LogP contribution is 2.23. The maximum absolute atomic E-state index is 12.5. The number of aromatic amines is 1. The van der Waals surface area contributed by atoms with Crippen LogP contribution in [0.5, 0.6) is 0 Å². The van der Waals surface area contributed by atoms with Crippen molar-refractivity contribution in [2.45, 2.75) is 32.7 Å². The van der Waals surface area contributed by atoms with Gasteiger partial charge in [-0.15, -0.1) is 0 Å². The van der Waals surface area contributed by atoms with E-state index >= 15 is 0 Å². The summed E-state index contributed by atoms with van der Waals surface area (Å²) in [5.74, 6) is 1.66. The third-order valence-corrected chi connectivity index (χ3v) is 4.40. The molecular formula is C17H22N4O3. The minimum Gasteiger partial charge on any atom is -0.466 e. The number of amides is 2. The first-order valence-electron chi connectivity index (χ1n) is 8.14. The molecule has 2 unspecified atom stereocenters. The van der Waals surface area contributed by atoms with Gasteiger partial charge in [0.15, 0.2) is 0 Å². The number of likely N-dealkylation sites (tertiary alicyclic amines) is 1. The molecule has 1 aliphatic heterocycles. The van der Waals surface area contributed by atoms with Crippen molar-refractivity contribution >= 4 is 11.8 Å². The van der Waals surface area contributed by atoms with Gasteiger partial charge in [-0.25, -0.2) is 4.98 Å². The smallest absolute Gasteiger partial charge is 0.269 e. The van der Waals surface area contributed by atoms with E-state index in [1.165, 1.54) is 12.5 Å². The molecule has 0 bridgehead atoms. The number of carbonyl (C=O) groups excluding carboxylic acids is 2. The van der Waals surface area contributed by atoms with Crippen molar-refractivity contribution in [1.29, 1.82) is 0 Å². The van der Waals surface area contributed by atoms with E-state index in [2.05, 4.69) is 15.3 Å². The zero-order chi connectivity index (χ0) is 17.1. The normalized spacial score (nSPS) is 20.3. The number of imidazole rings is 1. The molecule has 0 saturated carbocycles. The Kier molecular flexibility index (Phi) is 4.69. The summed E-state index contributed by atoms with van der Waals surface area (Å²) < 4.78 is 5.48.